The molecule has 41 heavy (non-hydrogen) atoms. The number of carbonyl (C=O) groups is 2. The van der Waals surface area contributed by atoms with Gasteiger partial charge in [0, 0.05) is 6.42 Å². The maximum atomic E-state index is 12.4. The van der Waals surface area contributed by atoms with Crippen LogP contribution < -0.4 is 0 Å². The monoisotopic (exact) mass is 581 g/mol. The van der Waals surface area contributed by atoms with Crippen LogP contribution in [-0.2, 0) is 9.59 Å². The summed E-state index contributed by atoms with van der Waals surface area (Å²) in [5.41, 5.74) is -0.858. The molecule has 0 fully saturated rings. The van der Waals surface area contributed by atoms with E-state index in [1.807, 2.05) is 0 Å². The van der Waals surface area contributed by atoms with E-state index in [1.165, 1.54) is 128 Å². The number of unbranched alkanes of at least 4 members (excludes halogenated alkanes) is 20. The maximum absolute atomic E-state index is 12.4. The topological polar surface area (TPSA) is 74.6 Å². The highest BCUT2D eigenvalue weighted by Gasteiger charge is 2.37. The number of carboxylic acids is 2. The molecule has 0 spiro atoms. The molecule has 0 atom stereocenters. The third-order valence-corrected chi connectivity index (χ3v) is 9.14. The van der Waals surface area contributed by atoms with Crippen LogP contribution in [0.5, 0.6) is 0 Å². The van der Waals surface area contributed by atoms with Gasteiger partial charge in [0.2, 0.25) is 0 Å². The Morgan fingerprint density at radius 2 is 0.707 bits per heavy atom. The number of rotatable bonds is 32. The smallest absolute Gasteiger partial charge is 0.309 e. The Hall–Kier alpha value is -1.06. The SMILES string of the molecule is CC(C)CCCCCCCCCCCCCC(CCCCCCCCCCCCCC(C)C)(CCC(=O)O)C(=O)O. The average Bonchev–Trinajstić information content (AvgIpc) is 2.91. The first-order valence-electron chi connectivity index (χ1n) is 18.1. The molecule has 2 N–H and O–H groups in total. The molecule has 0 aromatic carbocycles. The van der Waals surface area contributed by atoms with Crippen molar-refractivity contribution in [1.29, 1.82) is 0 Å². The van der Waals surface area contributed by atoms with Crippen LogP contribution in [0.3, 0.4) is 0 Å². The fourth-order valence-corrected chi connectivity index (χ4v) is 6.26. The van der Waals surface area contributed by atoms with Gasteiger partial charge in [-0.1, -0.05) is 182 Å². The molecule has 0 aliphatic rings. The van der Waals surface area contributed by atoms with Gasteiger partial charge in [-0.2, -0.15) is 0 Å². The van der Waals surface area contributed by atoms with Crippen LogP contribution >= 0.6 is 0 Å². The summed E-state index contributed by atoms with van der Waals surface area (Å²) in [6, 6.07) is 0. The van der Waals surface area contributed by atoms with E-state index in [4.69, 9.17) is 0 Å². The molecule has 0 unspecified atom stereocenters. The van der Waals surface area contributed by atoms with E-state index in [2.05, 4.69) is 27.7 Å². The van der Waals surface area contributed by atoms with Gasteiger partial charge in [-0.25, -0.2) is 0 Å². The minimum absolute atomic E-state index is 0.0404. The molecule has 0 saturated heterocycles. The molecule has 0 saturated carbocycles. The summed E-state index contributed by atoms with van der Waals surface area (Å²) in [6.45, 7) is 9.22. The highest BCUT2D eigenvalue weighted by Crippen LogP contribution is 2.37. The van der Waals surface area contributed by atoms with Crippen molar-refractivity contribution < 1.29 is 19.8 Å². The minimum Gasteiger partial charge on any atom is -0.481 e. The van der Waals surface area contributed by atoms with Crippen LogP contribution in [0.2, 0.25) is 0 Å². The summed E-state index contributed by atoms with van der Waals surface area (Å²) >= 11 is 0. The van der Waals surface area contributed by atoms with Crippen molar-refractivity contribution in [3.8, 4) is 0 Å². The lowest BCUT2D eigenvalue weighted by Crippen LogP contribution is -2.32. The van der Waals surface area contributed by atoms with Crippen LogP contribution in [-0.4, -0.2) is 22.2 Å². The zero-order valence-corrected chi connectivity index (χ0v) is 28.2. The summed E-state index contributed by atoms with van der Waals surface area (Å²) in [4.78, 5) is 23.7. The fraction of sp³-hybridized carbons (Fsp3) is 0.946. The van der Waals surface area contributed by atoms with Crippen LogP contribution in [0.1, 0.15) is 207 Å². The van der Waals surface area contributed by atoms with Crippen molar-refractivity contribution in [1.82, 2.24) is 0 Å². The lowest BCUT2D eigenvalue weighted by atomic mass is 9.74. The van der Waals surface area contributed by atoms with Crippen LogP contribution in [0.4, 0.5) is 0 Å². The van der Waals surface area contributed by atoms with Crippen LogP contribution in [0.25, 0.3) is 0 Å². The van der Waals surface area contributed by atoms with E-state index in [-0.39, 0.29) is 12.8 Å². The van der Waals surface area contributed by atoms with Crippen molar-refractivity contribution in [2.24, 2.45) is 17.3 Å². The normalized spacial score (nSPS) is 12.0. The molecule has 0 heterocycles. The van der Waals surface area contributed by atoms with Crippen molar-refractivity contribution in [3.05, 3.63) is 0 Å². The quantitative estimate of drug-likeness (QED) is 0.0776. The van der Waals surface area contributed by atoms with Gasteiger partial charge >= 0.3 is 11.9 Å². The van der Waals surface area contributed by atoms with Crippen molar-refractivity contribution in [3.63, 3.8) is 0 Å². The second-order valence-corrected chi connectivity index (χ2v) is 14.1. The highest BCUT2D eigenvalue weighted by molar-refractivity contribution is 5.76. The fourth-order valence-electron chi connectivity index (χ4n) is 6.26. The Morgan fingerprint density at radius 3 is 0.951 bits per heavy atom. The van der Waals surface area contributed by atoms with Gasteiger partial charge in [0.25, 0.3) is 0 Å². The van der Waals surface area contributed by atoms with E-state index in [9.17, 15) is 19.8 Å². The first-order chi connectivity index (χ1) is 19.7. The van der Waals surface area contributed by atoms with Gasteiger partial charge in [0.15, 0.2) is 0 Å². The first-order valence-corrected chi connectivity index (χ1v) is 18.1. The third-order valence-electron chi connectivity index (χ3n) is 9.14. The second-order valence-electron chi connectivity index (χ2n) is 14.1. The Bertz CT molecular complexity index is 564. The average molecular weight is 581 g/mol. The van der Waals surface area contributed by atoms with E-state index in [1.54, 1.807) is 0 Å². The molecule has 0 radical (unpaired) electrons. The summed E-state index contributed by atoms with van der Waals surface area (Å²) in [5.74, 6) is 0.00362. The zero-order valence-electron chi connectivity index (χ0n) is 28.2. The molecular weight excluding hydrogens is 508 g/mol. The molecule has 0 rings (SSSR count). The molecule has 4 nitrogen and oxygen atoms in total. The Morgan fingerprint density at radius 1 is 0.439 bits per heavy atom. The molecule has 0 aromatic heterocycles. The summed E-state index contributed by atoms with van der Waals surface area (Å²) < 4.78 is 0. The van der Waals surface area contributed by atoms with E-state index < -0.39 is 17.4 Å². The Kier molecular flexibility index (Phi) is 27.0. The standard InChI is InChI=1S/C37H72O4/c1-33(2)27-23-19-15-11-7-5-9-13-17-21-25-30-37(36(40)41,32-29-35(38)39)31-26-22-18-14-10-6-8-12-16-20-24-28-34(3)4/h33-34H,5-32H2,1-4H3,(H,38,39)(H,40,41). The van der Waals surface area contributed by atoms with E-state index >= 15 is 0 Å². The van der Waals surface area contributed by atoms with Gasteiger partial charge in [-0.15, -0.1) is 0 Å². The molecule has 4 heteroatoms. The molecule has 0 aromatic rings. The molecular formula is C37H72O4. The van der Waals surface area contributed by atoms with Crippen molar-refractivity contribution in [2.75, 3.05) is 0 Å². The molecule has 0 amide bonds. The second kappa shape index (κ2) is 27.8. The summed E-state index contributed by atoms with van der Waals surface area (Å²) in [6.07, 6.45) is 31.8. The predicted octanol–water partition coefficient (Wildman–Crippen LogP) is 12.4. The van der Waals surface area contributed by atoms with Crippen molar-refractivity contribution >= 4 is 11.9 Å². The minimum atomic E-state index is -0.879. The van der Waals surface area contributed by atoms with Gasteiger partial charge in [-0.05, 0) is 31.1 Å². The van der Waals surface area contributed by atoms with Gasteiger partial charge in [-0.3, -0.25) is 9.59 Å². The summed E-state index contributed by atoms with van der Waals surface area (Å²) in [5, 5.41) is 19.4. The largest absolute Gasteiger partial charge is 0.481 e. The number of carboxylic acid groups (broad SMARTS) is 2. The summed E-state index contributed by atoms with van der Waals surface area (Å²) in [7, 11) is 0. The third kappa shape index (κ3) is 26.3. The lowest BCUT2D eigenvalue weighted by Gasteiger charge is -2.29. The van der Waals surface area contributed by atoms with Gasteiger partial charge in [0.1, 0.15) is 0 Å². The zero-order chi connectivity index (χ0) is 30.6. The Balaban J connectivity index is 4.05. The van der Waals surface area contributed by atoms with Crippen LogP contribution in [0.15, 0.2) is 0 Å². The van der Waals surface area contributed by atoms with Crippen molar-refractivity contribution in [2.45, 2.75) is 207 Å². The van der Waals surface area contributed by atoms with E-state index in [0.29, 0.717) is 12.8 Å². The highest BCUT2D eigenvalue weighted by atomic mass is 16.4. The predicted molar refractivity (Wildman–Crippen MR) is 177 cm³/mol. The lowest BCUT2D eigenvalue weighted by molar-refractivity contribution is -0.151. The molecule has 0 aliphatic heterocycles. The van der Waals surface area contributed by atoms with Gasteiger partial charge in [0.05, 0.1) is 5.41 Å². The number of hydrogen-bond donors (Lipinski definition) is 2. The first kappa shape index (κ1) is 39.9. The maximum Gasteiger partial charge on any atom is 0.309 e. The number of aliphatic carboxylic acids is 2. The molecule has 0 aliphatic carbocycles. The number of hydrogen-bond acceptors (Lipinski definition) is 2. The molecule has 0 bridgehead atoms. The van der Waals surface area contributed by atoms with Crippen LogP contribution in [0, 0.1) is 17.3 Å². The molecule has 244 valence electrons. The van der Waals surface area contributed by atoms with Gasteiger partial charge < -0.3 is 10.2 Å². The Labute approximate surface area is 256 Å². The van der Waals surface area contributed by atoms with E-state index in [0.717, 1.165) is 37.5 Å².